The van der Waals surface area contributed by atoms with E-state index in [1.165, 1.54) is 17.1 Å². The second-order valence-electron chi connectivity index (χ2n) is 5.77. The number of rotatable bonds is 4. The lowest BCUT2D eigenvalue weighted by Gasteiger charge is -2.33. The third-order valence-electron chi connectivity index (χ3n) is 4.13. The van der Waals surface area contributed by atoms with Gasteiger partial charge >= 0.3 is 0 Å². The highest BCUT2D eigenvalue weighted by Crippen LogP contribution is 2.17. The SMILES string of the molecule is Cc1nscc1C(=O)N1CCC[C@@H](NCc2ccccc2)C1. The van der Waals surface area contributed by atoms with Gasteiger partial charge in [-0.15, -0.1) is 0 Å². The predicted molar refractivity (Wildman–Crippen MR) is 89.1 cm³/mol. The zero-order valence-corrected chi connectivity index (χ0v) is 13.6. The van der Waals surface area contributed by atoms with E-state index in [0.29, 0.717) is 6.04 Å². The Bertz CT molecular complexity index is 626. The summed E-state index contributed by atoms with van der Waals surface area (Å²) in [6.07, 6.45) is 2.17. The predicted octanol–water partition coefficient (Wildman–Crippen LogP) is 2.85. The Kier molecular flexibility index (Phi) is 4.85. The third-order valence-corrected chi connectivity index (χ3v) is 4.85. The fraction of sp³-hybridized carbons (Fsp3) is 0.412. The highest BCUT2D eigenvalue weighted by molar-refractivity contribution is 7.03. The minimum Gasteiger partial charge on any atom is -0.337 e. The second-order valence-corrected chi connectivity index (χ2v) is 6.40. The topological polar surface area (TPSA) is 45.2 Å². The maximum atomic E-state index is 12.6. The van der Waals surface area contributed by atoms with E-state index in [-0.39, 0.29) is 5.91 Å². The average Bonchev–Trinajstić information content (AvgIpc) is 2.99. The van der Waals surface area contributed by atoms with Crippen LogP contribution in [0, 0.1) is 6.92 Å². The second kappa shape index (κ2) is 7.03. The van der Waals surface area contributed by atoms with Crippen molar-refractivity contribution < 1.29 is 4.79 Å². The molecular weight excluding hydrogens is 294 g/mol. The molecule has 1 aliphatic rings. The van der Waals surface area contributed by atoms with Crippen LogP contribution >= 0.6 is 11.5 Å². The van der Waals surface area contributed by atoms with Crippen LogP contribution < -0.4 is 5.32 Å². The van der Waals surface area contributed by atoms with Crippen LogP contribution in [0.15, 0.2) is 35.7 Å². The van der Waals surface area contributed by atoms with Gasteiger partial charge in [0.2, 0.25) is 0 Å². The standard InChI is InChI=1S/C17H21N3OS/c1-13-16(12-22-19-13)17(21)20-9-5-8-15(11-20)18-10-14-6-3-2-4-7-14/h2-4,6-7,12,15,18H,5,8-11H2,1H3/t15-/m1/s1. The number of piperidine rings is 1. The van der Waals surface area contributed by atoms with Crippen molar-refractivity contribution in [3.8, 4) is 0 Å². The molecular formula is C17H21N3OS. The molecule has 0 saturated carbocycles. The van der Waals surface area contributed by atoms with Crippen molar-refractivity contribution in [2.75, 3.05) is 13.1 Å². The van der Waals surface area contributed by atoms with Gasteiger partial charge in [0, 0.05) is 31.1 Å². The van der Waals surface area contributed by atoms with E-state index in [1.807, 2.05) is 23.3 Å². The molecule has 0 unspecified atom stereocenters. The van der Waals surface area contributed by atoms with Gasteiger partial charge in [-0.1, -0.05) is 30.3 Å². The van der Waals surface area contributed by atoms with Crippen LogP contribution in [0.2, 0.25) is 0 Å². The zero-order valence-electron chi connectivity index (χ0n) is 12.8. The van der Waals surface area contributed by atoms with Gasteiger partial charge in [0.15, 0.2) is 0 Å². The first-order valence-electron chi connectivity index (χ1n) is 7.71. The number of benzene rings is 1. The Morgan fingerprint density at radius 2 is 2.23 bits per heavy atom. The number of carbonyl (C=O) groups is 1. The van der Waals surface area contributed by atoms with Gasteiger partial charge in [0.05, 0.1) is 11.3 Å². The molecule has 1 atom stereocenters. The van der Waals surface area contributed by atoms with Crippen LogP contribution in [0.5, 0.6) is 0 Å². The summed E-state index contributed by atoms with van der Waals surface area (Å²) in [6.45, 7) is 4.38. The van der Waals surface area contributed by atoms with Crippen LogP contribution in [-0.4, -0.2) is 34.3 Å². The molecule has 1 aliphatic heterocycles. The first-order valence-corrected chi connectivity index (χ1v) is 8.55. The number of hydrogen-bond donors (Lipinski definition) is 1. The lowest BCUT2D eigenvalue weighted by molar-refractivity contribution is 0.0694. The summed E-state index contributed by atoms with van der Waals surface area (Å²) in [5.74, 6) is 0.123. The van der Waals surface area contributed by atoms with Crippen molar-refractivity contribution in [1.29, 1.82) is 0 Å². The summed E-state index contributed by atoms with van der Waals surface area (Å²) in [6, 6.07) is 10.8. The van der Waals surface area contributed by atoms with Gasteiger partial charge in [0.25, 0.3) is 5.91 Å². The number of nitrogens with zero attached hydrogens (tertiary/aromatic N) is 2. The molecule has 0 radical (unpaired) electrons. The third kappa shape index (κ3) is 3.54. The maximum Gasteiger partial charge on any atom is 0.256 e. The van der Waals surface area contributed by atoms with E-state index in [2.05, 4.69) is 34.0 Å². The molecule has 0 aliphatic carbocycles. The van der Waals surface area contributed by atoms with Crippen LogP contribution in [0.25, 0.3) is 0 Å². The number of aryl methyl sites for hydroxylation is 1. The zero-order chi connectivity index (χ0) is 15.4. The summed E-state index contributed by atoms with van der Waals surface area (Å²) in [7, 11) is 0. The monoisotopic (exact) mass is 315 g/mol. The van der Waals surface area contributed by atoms with Crippen molar-refractivity contribution >= 4 is 17.4 Å². The Morgan fingerprint density at radius 1 is 1.41 bits per heavy atom. The lowest BCUT2D eigenvalue weighted by Crippen LogP contribution is -2.47. The number of aromatic nitrogens is 1. The van der Waals surface area contributed by atoms with Crippen molar-refractivity contribution in [2.24, 2.45) is 0 Å². The summed E-state index contributed by atoms with van der Waals surface area (Å²) >= 11 is 1.35. The Hall–Kier alpha value is -1.72. The summed E-state index contributed by atoms with van der Waals surface area (Å²) in [4.78, 5) is 14.5. The maximum absolute atomic E-state index is 12.6. The molecule has 116 valence electrons. The van der Waals surface area contributed by atoms with E-state index in [9.17, 15) is 4.79 Å². The Balaban J connectivity index is 1.57. The van der Waals surface area contributed by atoms with Crippen LogP contribution in [0.1, 0.15) is 34.5 Å². The Morgan fingerprint density at radius 3 is 2.95 bits per heavy atom. The molecule has 2 heterocycles. The molecule has 22 heavy (non-hydrogen) atoms. The minimum absolute atomic E-state index is 0.123. The van der Waals surface area contributed by atoms with Crippen molar-refractivity contribution in [3.05, 3.63) is 52.5 Å². The number of amides is 1. The highest BCUT2D eigenvalue weighted by Gasteiger charge is 2.25. The van der Waals surface area contributed by atoms with Gasteiger partial charge in [-0.3, -0.25) is 4.79 Å². The van der Waals surface area contributed by atoms with Crippen LogP contribution in [0.3, 0.4) is 0 Å². The van der Waals surface area contributed by atoms with Crippen LogP contribution in [0.4, 0.5) is 0 Å². The molecule has 1 amide bonds. The quantitative estimate of drug-likeness (QED) is 0.943. The number of hydrogen-bond acceptors (Lipinski definition) is 4. The summed E-state index contributed by atoms with van der Waals surface area (Å²) < 4.78 is 4.21. The fourth-order valence-electron chi connectivity index (χ4n) is 2.85. The smallest absolute Gasteiger partial charge is 0.256 e. The van der Waals surface area contributed by atoms with Gasteiger partial charge in [-0.2, -0.15) is 4.37 Å². The van der Waals surface area contributed by atoms with E-state index >= 15 is 0 Å². The van der Waals surface area contributed by atoms with Gasteiger partial charge < -0.3 is 10.2 Å². The summed E-state index contributed by atoms with van der Waals surface area (Å²) in [5.41, 5.74) is 2.88. The van der Waals surface area contributed by atoms with E-state index in [4.69, 9.17) is 0 Å². The molecule has 2 aromatic rings. The first kappa shape index (κ1) is 15.2. The molecule has 1 N–H and O–H groups in total. The number of likely N-dealkylation sites (tertiary alicyclic amines) is 1. The fourth-order valence-corrected chi connectivity index (χ4v) is 3.54. The van der Waals surface area contributed by atoms with Crippen molar-refractivity contribution in [3.63, 3.8) is 0 Å². The molecule has 1 aromatic heterocycles. The van der Waals surface area contributed by atoms with E-state index in [1.54, 1.807) is 0 Å². The minimum atomic E-state index is 0.123. The molecule has 0 bridgehead atoms. The lowest BCUT2D eigenvalue weighted by atomic mass is 10.0. The Labute approximate surface area is 135 Å². The van der Waals surface area contributed by atoms with E-state index < -0.39 is 0 Å². The number of nitrogens with one attached hydrogen (secondary N) is 1. The normalized spacial score (nSPS) is 18.4. The van der Waals surface area contributed by atoms with Gasteiger partial charge in [-0.05, 0) is 36.9 Å². The summed E-state index contributed by atoms with van der Waals surface area (Å²) in [5, 5.41) is 5.44. The molecule has 0 spiro atoms. The molecule has 3 rings (SSSR count). The van der Waals surface area contributed by atoms with E-state index in [0.717, 1.165) is 43.7 Å². The van der Waals surface area contributed by atoms with Crippen molar-refractivity contribution in [1.82, 2.24) is 14.6 Å². The molecule has 1 aromatic carbocycles. The molecule has 4 nitrogen and oxygen atoms in total. The first-order chi connectivity index (χ1) is 10.7. The van der Waals surface area contributed by atoms with Crippen LogP contribution in [-0.2, 0) is 6.54 Å². The number of carbonyl (C=O) groups excluding carboxylic acids is 1. The molecule has 1 saturated heterocycles. The molecule has 1 fully saturated rings. The van der Waals surface area contributed by atoms with Gasteiger partial charge in [0.1, 0.15) is 0 Å². The van der Waals surface area contributed by atoms with Gasteiger partial charge in [-0.25, -0.2) is 0 Å². The van der Waals surface area contributed by atoms with Crippen molar-refractivity contribution in [2.45, 2.75) is 32.4 Å². The largest absolute Gasteiger partial charge is 0.337 e. The highest BCUT2D eigenvalue weighted by atomic mass is 32.1. The average molecular weight is 315 g/mol. The molecule has 5 heteroatoms.